The van der Waals surface area contributed by atoms with Gasteiger partial charge in [-0.25, -0.2) is 0 Å². The van der Waals surface area contributed by atoms with Crippen molar-refractivity contribution in [2.45, 2.75) is 26.1 Å². The summed E-state index contributed by atoms with van der Waals surface area (Å²) in [6.45, 7) is 2.02. The Balaban J connectivity index is 2.45. The maximum absolute atomic E-state index is 12.2. The first-order valence-electron chi connectivity index (χ1n) is 5.74. The lowest BCUT2D eigenvalue weighted by Gasteiger charge is -2.10. The summed E-state index contributed by atoms with van der Waals surface area (Å²) < 4.78 is 41.2. The number of aryl methyl sites for hydroxylation is 1. The largest absolute Gasteiger partial charge is 0.573 e. The van der Waals surface area contributed by atoms with E-state index in [1.165, 1.54) is 12.1 Å². The van der Waals surface area contributed by atoms with E-state index in [0.29, 0.717) is 5.52 Å². The van der Waals surface area contributed by atoms with Gasteiger partial charge in [0.15, 0.2) is 0 Å². The Morgan fingerprint density at radius 3 is 2.63 bits per heavy atom. The van der Waals surface area contributed by atoms with E-state index in [9.17, 15) is 13.2 Å². The van der Waals surface area contributed by atoms with Crippen molar-refractivity contribution in [3.05, 3.63) is 34.4 Å². The average Bonchev–Trinajstić information content (AvgIpc) is 2.26. The summed E-state index contributed by atoms with van der Waals surface area (Å²) in [6, 6.07) is 6.02. The summed E-state index contributed by atoms with van der Waals surface area (Å²) in [4.78, 5) is 4.34. The zero-order valence-electron chi connectivity index (χ0n) is 10.1. The molecule has 0 radical (unpaired) electrons. The predicted octanol–water partition coefficient (Wildman–Crippen LogP) is 4.85. The molecule has 1 aromatic carbocycles. The molecule has 0 fully saturated rings. The van der Waals surface area contributed by atoms with E-state index in [1.54, 1.807) is 6.07 Å². The summed E-state index contributed by atoms with van der Waals surface area (Å²) in [6.07, 6.45) is -2.99. The van der Waals surface area contributed by atoms with Crippen molar-refractivity contribution in [1.29, 1.82) is 0 Å². The van der Waals surface area contributed by atoms with Crippen LogP contribution >= 0.6 is 15.9 Å². The van der Waals surface area contributed by atoms with Gasteiger partial charge in [0.25, 0.3) is 0 Å². The maximum Gasteiger partial charge on any atom is 0.573 e. The van der Waals surface area contributed by atoms with Crippen LogP contribution in [0.15, 0.2) is 28.7 Å². The van der Waals surface area contributed by atoms with Gasteiger partial charge < -0.3 is 4.74 Å². The second-order valence-electron chi connectivity index (χ2n) is 4.07. The monoisotopic (exact) mass is 333 g/mol. The third-order valence-electron chi connectivity index (χ3n) is 2.52. The molecule has 0 saturated heterocycles. The molecule has 6 heteroatoms. The van der Waals surface area contributed by atoms with Crippen LogP contribution in [0.4, 0.5) is 13.2 Å². The van der Waals surface area contributed by atoms with E-state index in [-0.39, 0.29) is 5.75 Å². The number of alkyl halides is 3. The number of halogens is 4. The Labute approximate surface area is 116 Å². The minimum Gasteiger partial charge on any atom is -0.406 e. The van der Waals surface area contributed by atoms with Crippen molar-refractivity contribution in [3.63, 3.8) is 0 Å². The van der Waals surface area contributed by atoms with Crippen LogP contribution in [0.5, 0.6) is 5.75 Å². The van der Waals surface area contributed by atoms with Crippen LogP contribution in [0.1, 0.15) is 19.0 Å². The number of benzene rings is 1. The third-order valence-corrected chi connectivity index (χ3v) is 3.18. The number of nitrogens with zero attached hydrogens (tertiary/aromatic N) is 1. The summed E-state index contributed by atoms with van der Waals surface area (Å²) in [7, 11) is 0. The minimum atomic E-state index is -4.69. The third kappa shape index (κ3) is 3.59. The van der Waals surface area contributed by atoms with Crippen molar-refractivity contribution < 1.29 is 17.9 Å². The minimum absolute atomic E-state index is 0.256. The maximum atomic E-state index is 12.2. The highest BCUT2D eigenvalue weighted by Crippen LogP contribution is 2.29. The fourth-order valence-electron chi connectivity index (χ4n) is 1.80. The highest BCUT2D eigenvalue weighted by molar-refractivity contribution is 9.10. The number of pyridine rings is 1. The van der Waals surface area contributed by atoms with Gasteiger partial charge in [-0.2, -0.15) is 0 Å². The number of ether oxygens (including phenoxy) is 1. The molecule has 0 aliphatic carbocycles. The van der Waals surface area contributed by atoms with E-state index >= 15 is 0 Å². The second kappa shape index (κ2) is 5.36. The van der Waals surface area contributed by atoms with E-state index in [4.69, 9.17) is 0 Å². The highest BCUT2D eigenvalue weighted by atomic mass is 79.9. The van der Waals surface area contributed by atoms with Crippen LogP contribution in [0, 0.1) is 0 Å². The number of fused-ring (bicyclic) bond motifs is 1. The van der Waals surface area contributed by atoms with Gasteiger partial charge in [-0.15, -0.1) is 13.2 Å². The van der Waals surface area contributed by atoms with Gasteiger partial charge in [0.05, 0.1) is 5.52 Å². The summed E-state index contributed by atoms with van der Waals surface area (Å²) in [5.74, 6) is -0.256. The van der Waals surface area contributed by atoms with Crippen LogP contribution in [-0.2, 0) is 6.42 Å². The first-order valence-corrected chi connectivity index (χ1v) is 6.53. The number of aromatic nitrogens is 1. The Kier molecular flexibility index (Phi) is 3.99. The molecule has 0 saturated carbocycles. The average molecular weight is 334 g/mol. The SMILES string of the molecule is CCCc1cc(Br)c2ccc(OC(F)(F)F)cc2n1. The molecular formula is C13H11BrF3NO. The predicted molar refractivity (Wildman–Crippen MR) is 70.1 cm³/mol. The molecule has 2 rings (SSSR count). The molecule has 1 aromatic heterocycles. The number of hydrogen-bond acceptors (Lipinski definition) is 2. The molecule has 0 atom stereocenters. The van der Waals surface area contributed by atoms with Gasteiger partial charge in [-0.1, -0.05) is 29.3 Å². The van der Waals surface area contributed by atoms with Crippen molar-refractivity contribution in [3.8, 4) is 5.75 Å². The second-order valence-corrected chi connectivity index (χ2v) is 4.93. The molecule has 0 N–H and O–H groups in total. The van der Waals surface area contributed by atoms with Crippen LogP contribution in [-0.4, -0.2) is 11.3 Å². The molecule has 0 amide bonds. The zero-order valence-corrected chi connectivity index (χ0v) is 11.7. The van der Waals surface area contributed by atoms with Crippen molar-refractivity contribution >= 4 is 26.8 Å². The van der Waals surface area contributed by atoms with Gasteiger partial charge in [0.2, 0.25) is 0 Å². The molecule has 0 unspecified atom stereocenters. The molecule has 0 bridgehead atoms. The molecule has 2 nitrogen and oxygen atoms in total. The summed E-state index contributed by atoms with van der Waals surface area (Å²) >= 11 is 3.40. The van der Waals surface area contributed by atoms with E-state index < -0.39 is 6.36 Å². The lowest BCUT2D eigenvalue weighted by Crippen LogP contribution is -2.17. The first kappa shape index (κ1) is 14.1. The van der Waals surface area contributed by atoms with Gasteiger partial charge in [-0.3, -0.25) is 4.98 Å². The van der Waals surface area contributed by atoms with Crippen LogP contribution in [0.2, 0.25) is 0 Å². The Morgan fingerprint density at radius 2 is 2.00 bits per heavy atom. The highest BCUT2D eigenvalue weighted by Gasteiger charge is 2.31. The van der Waals surface area contributed by atoms with Gasteiger partial charge in [-0.05, 0) is 24.6 Å². The normalized spacial score (nSPS) is 11.8. The van der Waals surface area contributed by atoms with E-state index in [0.717, 1.165) is 28.4 Å². The Morgan fingerprint density at radius 1 is 1.26 bits per heavy atom. The van der Waals surface area contributed by atoms with Gasteiger partial charge in [0.1, 0.15) is 5.75 Å². The lowest BCUT2D eigenvalue weighted by molar-refractivity contribution is -0.274. The quantitative estimate of drug-likeness (QED) is 0.801. The smallest absolute Gasteiger partial charge is 0.406 e. The van der Waals surface area contributed by atoms with Crippen LogP contribution in [0.25, 0.3) is 10.9 Å². The zero-order chi connectivity index (χ0) is 14.0. The van der Waals surface area contributed by atoms with Gasteiger partial charge >= 0.3 is 6.36 Å². The fraction of sp³-hybridized carbons (Fsp3) is 0.308. The standard InChI is InChI=1S/C13H11BrF3NO/c1-2-3-8-6-11(14)10-5-4-9(7-12(10)18-8)19-13(15,16)17/h4-7H,2-3H2,1H3. The molecule has 2 aromatic rings. The van der Waals surface area contributed by atoms with E-state index in [1.807, 2.05) is 13.0 Å². The first-order chi connectivity index (χ1) is 8.89. The summed E-state index contributed by atoms with van der Waals surface area (Å²) in [5, 5.41) is 0.759. The Bertz CT molecular complexity index is 598. The van der Waals surface area contributed by atoms with Crippen molar-refractivity contribution in [2.24, 2.45) is 0 Å². The molecule has 19 heavy (non-hydrogen) atoms. The van der Waals surface area contributed by atoms with Gasteiger partial charge in [0, 0.05) is 21.6 Å². The fourth-order valence-corrected chi connectivity index (χ4v) is 2.40. The van der Waals surface area contributed by atoms with Crippen LogP contribution in [0.3, 0.4) is 0 Å². The van der Waals surface area contributed by atoms with E-state index in [2.05, 4.69) is 25.7 Å². The number of rotatable bonds is 3. The molecule has 0 spiro atoms. The van der Waals surface area contributed by atoms with Crippen molar-refractivity contribution in [2.75, 3.05) is 0 Å². The van der Waals surface area contributed by atoms with Crippen LogP contribution < -0.4 is 4.74 Å². The molecular weight excluding hydrogens is 323 g/mol. The summed E-state index contributed by atoms with van der Waals surface area (Å²) in [5.41, 5.74) is 1.32. The lowest BCUT2D eigenvalue weighted by atomic mass is 10.1. The molecule has 102 valence electrons. The molecule has 0 aliphatic rings. The Hall–Kier alpha value is -1.30. The molecule has 0 aliphatic heterocycles. The number of hydrogen-bond donors (Lipinski definition) is 0. The molecule has 1 heterocycles. The topological polar surface area (TPSA) is 22.1 Å². The van der Waals surface area contributed by atoms with Crippen molar-refractivity contribution in [1.82, 2.24) is 4.98 Å².